The van der Waals surface area contributed by atoms with Crippen LogP contribution in [-0.4, -0.2) is 55.8 Å². The van der Waals surface area contributed by atoms with Crippen LogP contribution in [-0.2, 0) is 31.9 Å². The van der Waals surface area contributed by atoms with Crippen molar-refractivity contribution >= 4 is 93.9 Å². The first-order chi connectivity index (χ1) is 48.3. The molecule has 0 spiro atoms. The minimum Gasteiger partial charge on any atom is -0.576 e. The Morgan fingerprint density at radius 1 is 0.337 bits per heavy atom. The summed E-state index contributed by atoms with van der Waals surface area (Å²) in [5, 5.41) is 2.93. The van der Waals surface area contributed by atoms with Crippen molar-refractivity contribution in [2.45, 2.75) is 39.0 Å². The lowest BCUT2D eigenvalue weighted by Gasteiger charge is -2.27. The van der Waals surface area contributed by atoms with E-state index < -0.39 is 15.1 Å². The maximum Gasteiger partial charge on any atom is 1.20 e. The number of pyridine rings is 3. The summed E-state index contributed by atoms with van der Waals surface area (Å²) < 4.78 is 29.4. The van der Waals surface area contributed by atoms with Crippen molar-refractivity contribution in [3.05, 3.63) is 327 Å². The number of aromatic nitrogens is 3. The van der Waals surface area contributed by atoms with E-state index in [1.54, 1.807) is 18.6 Å². The lowest BCUT2D eigenvalue weighted by atomic mass is 10.0. The molecule has 0 atom stereocenters. The summed E-state index contributed by atoms with van der Waals surface area (Å²) in [5.74, 6) is 1.45. The van der Waals surface area contributed by atoms with Gasteiger partial charge in [0.2, 0.25) is 0 Å². The van der Waals surface area contributed by atoms with E-state index in [2.05, 4.69) is 219 Å². The summed E-state index contributed by atoms with van der Waals surface area (Å²) in [6.45, 7) is 2.46. The number of hydrogen-bond donors (Lipinski definition) is 0. The topological polar surface area (TPSA) is 125 Å². The maximum absolute atomic E-state index is 12.2. The molecule has 0 aliphatic heterocycles. The number of hydrogen-bond acceptors (Lipinski definition) is 12. The van der Waals surface area contributed by atoms with Crippen LogP contribution in [0.25, 0.3) is 66.1 Å². The lowest BCUT2D eigenvalue weighted by Crippen LogP contribution is -2.37. The van der Waals surface area contributed by atoms with Crippen molar-refractivity contribution in [2.75, 3.05) is 23.5 Å². The Morgan fingerprint density at radius 3 is 0.949 bits per heavy atom. The highest BCUT2D eigenvalue weighted by molar-refractivity contribution is 6.40. The molecule has 0 saturated heterocycles. The molecule has 0 bridgehead atoms. The molecule has 0 radical (unpaired) electrons. The number of fused-ring (bicyclic) bond motifs is 3. The Kier molecular flexibility index (Phi) is 20.9. The predicted octanol–water partition coefficient (Wildman–Crippen LogP) is 20.5. The second kappa shape index (κ2) is 31.6. The third-order valence-electron chi connectivity index (χ3n) is 16.8. The van der Waals surface area contributed by atoms with Gasteiger partial charge in [-0.2, -0.15) is 0 Å². The smallest absolute Gasteiger partial charge is 0.576 e. The van der Waals surface area contributed by atoms with E-state index in [0.717, 1.165) is 107 Å². The number of nitrogens with zero attached hydrogens (tertiary/aromatic N) is 5. The number of benzene rings is 11. The highest BCUT2D eigenvalue weighted by Crippen LogP contribution is 2.40. The van der Waals surface area contributed by atoms with Gasteiger partial charge in [-0.3, -0.25) is 24.5 Å². The van der Waals surface area contributed by atoms with Gasteiger partial charge in [0.1, 0.15) is 33.8 Å². The molecule has 12 nitrogen and oxygen atoms in total. The van der Waals surface area contributed by atoms with Crippen LogP contribution in [0.1, 0.15) is 37.3 Å². The fourth-order valence-electron chi connectivity index (χ4n) is 11.8. The molecule has 0 aliphatic rings. The fourth-order valence-corrected chi connectivity index (χ4v) is 13.1. The Hall–Kier alpha value is -11.9. The minimum atomic E-state index is -2.86. The van der Waals surface area contributed by atoms with Crippen molar-refractivity contribution in [3.63, 3.8) is 0 Å². The first kappa shape index (κ1) is 64.8. The zero-order valence-electron chi connectivity index (χ0n) is 54.4. The van der Waals surface area contributed by atoms with E-state index in [-0.39, 0.29) is 11.9 Å². The molecule has 11 aromatic carbocycles. The SMILES string of the molecule is CCCOC(=O)CCc1ccc(N(c2ccc(-c3ccccc3)cc2)c2ccc(-c3ccc(N(c4ccc(CCC(=O)OC)cc4)c4ccc(-c5ccccc5)cc4)cc3)cc2)cc1.c1cnc2c([O][Al]([O]c3cccc4cccnc34)[O]c3cccc4cccnc34)cccc2c1. The van der Waals surface area contributed by atoms with Crippen LogP contribution in [0.15, 0.2) is 316 Å². The molecule has 3 heterocycles. The number of carbonyl (C=O) groups excluding carboxylic acids is 2. The first-order valence-corrected chi connectivity index (χ1v) is 34.3. The van der Waals surface area contributed by atoms with Crippen molar-refractivity contribution in [3.8, 4) is 50.6 Å². The summed E-state index contributed by atoms with van der Waals surface area (Å²) in [6, 6.07) is 102. The van der Waals surface area contributed by atoms with Gasteiger partial charge in [0, 0.05) is 81.7 Å². The molecule has 14 aromatic rings. The normalized spacial score (nSPS) is 10.9. The van der Waals surface area contributed by atoms with Crippen molar-refractivity contribution < 1.29 is 30.4 Å². The summed E-state index contributed by atoms with van der Waals surface area (Å²) in [6.07, 6.45) is 8.01. The molecular weight excluding hydrogens is 1230 g/mol. The Labute approximate surface area is 576 Å². The van der Waals surface area contributed by atoms with E-state index in [1.165, 1.54) is 18.2 Å². The second-order valence-corrected chi connectivity index (χ2v) is 24.6. The van der Waals surface area contributed by atoms with E-state index in [1.807, 2.05) is 110 Å². The number of aryl methyl sites for hydroxylation is 2. The summed E-state index contributed by atoms with van der Waals surface area (Å²) in [4.78, 5) is 42.1. The van der Waals surface area contributed by atoms with Crippen molar-refractivity contribution in [2.24, 2.45) is 0 Å². The van der Waals surface area contributed by atoms with Gasteiger partial charge >= 0.3 is 27.1 Å². The number of methoxy groups -OCH3 is 1. The highest BCUT2D eigenvalue weighted by atomic mass is 27.3. The highest BCUT2D eigenvalue weighted by Gasteiger charge is 2.46. The van der Waals surface area contributed by atoms with E-state index in [9.17, 15) is 9.59 Å². The molecule has 0 saturated carbocycles. The molecule has 3 aromatic heterocycles. The molecule has 98 heavy (non-hydrogen) atoms. The van der Waals surface area contributed by atoms with Gasteiger partial charge in [0.15, 0.2) is 0 Å². The average Bonchev–Trinajstić information content (AvgIpc) is 0.820. The van der Waals surface area contributed by atoms with Crippen LogP contribution < -0.4 is 21.2 Å². The molecule has 13 heteroatoms. The van der Waals surface area contributed by atoms with E-state index in [4.69, 9.17) is 20.8 Å². The molecule has 0 fully saturated rings. The second-order valence-electron chi connectivity index (χ2n) is 23.4. The van der Waals surface area contributed by atoms with Gasteiger partial charge in [-0.1, -0.05) is 195 Å². The molecule has 14 rings (SSSR count). The van der Waals surface area contributed by atoms with Crippen LogP contribution in [0.4, 0.5) is 34.1 Å². The largest absolute Gasteiger partial charge is 1.20 e. The average molecular weight is 1300 g/mol. The van der Waals surface area contributed by atoms with Gasteiger partial charge in [-0.05, 0) is 173 Å². The fraction of sp³-hybridized carbons (Fsp3) is 0.0941. The molecule has 0 amide bonds. The molecule has 480 valence electrons. The van der Waals surface area contributed by atoms with Gasteiger partial charge < -0.3 is 30.6 Å². The van der Waals surface area contributed by atoms with Gasteiger partial charge in [-0.25, -0.2) is 0 Å². The zero-order chi connectivity index (χ0) is 66.8. The summed E-state index contributed by atoms with van der Waals surface area (Å²) in [5.41, 5.74) is 17.5. The molecule has 0 unspecified atom stereocenters. The number of ether oxygens (including phenoxy) is 2. The van der Waals surface area contributed by atoms with Gasteiger partial charge in [0.05, 0.1) is 13.7 Å². The van der Waals surface area contributed by atoms with Crippen LogP contribution in [0.3, 0.4) is 0 Å². The number of carbonyl (C=O) groups is 2. The Bertz CT molecular complexity index is 4750. The number of anilines is 6. The van der Waals surface area contributed by atoms with E-state index in [0.29, 0.717) is 49.5 Å². The Balaban J connectivity index is 0.000000212. The van der Waals surface area contributed by atoms with Gasteiger partial charge in [-0.15, -0.1) is 0 Å². The van der Waals surface area contributed by atoms with Crippen LogP contribution in [0.2, 0.25) is 0 Å². The first-order valence-electron chi connectivity index (χ1n) is 32.8. The third-order valence-corrected chi connectivity index (χ3v) is 18.2. The van der Waals surface area contributed by atoms with Gasteiger partial charge in [0.25, 0.3) is 0 Å². The minimum absolute atomic E-state index is 0.160. The number of esters is 2. The number of para-hydroxylation sites is 3. The van der Waals surface area contributed by atoms with Crippen LogP contribution in [0, 0.1) is 0 Å². The lowest BCUT2D eigenvalue weighted by molar-refractivity contribution is -0.143. The van der Waals surface area contributed by atoms with Crippen LogP contribution in [0.5, 0.6) is 17.2 Å². The maximum atomic E-state index is 12.2. The standard InChI is InChI=1S/C58H52N2O4.3C9H7NO.Al/c1-3-42-64-58(62)41-19-44-16-30-52(31-17-44)60(54-34-22-48(23-35-54)46-12-8-5-9-13-46)56-38-26-50(27-39-56)49-24-36-55(37-25-49)59(51-28-14-43(15-29-51)18-40-57(61)63-2)53-32-20-47(21-33-53)45-10-6-4-7-11-45;3*11-8-5-1-3-7-4-2-6-10-9(7)8;/h4-17,20-39H,3,18-19,40-42H2,1-2H3;3*1-6,11H;/q;;;;+3/p-3. The summed E-state index contributed by atoms with van der Waals surface area (Å²) >= 11 is -2.86. The van der Waals surface area contributed by atoms with Crippen molar-refractivity contribution in [1.29, 1.82) is 0 Å². The molecule has 0 N–H and O–H groups in total. The molecular formula is C85H70AlN5O7. The monoisotopic (exact) mass is 1300 g/mol. The molecule has 0 aliphatic carbocycles. The summed E-state index contributed by atoms with van der Waals surface area (Å²) in [7, 11) is 1.43. The predicted molar refractivity (Wildman–Crippen MR) is 395 cm³/mol. The Morgan fingerprint density at radius 2 is 0.633 bits per heavy atom. The van der Waals surface area contributed by atoms with Crippen molar-refractivity contribution in [1.82, 2.24) is 15.0 Å². The third kappa shape index (κ3) is 15.9. The number of rotatable bonds is 23. The quantitative estimate of drug-likeness (QED) is 0.0447. The zero-order valence-corrected chi connectivity index (χ0v) is 55.6. The van der Waals surface area contributed by atoms with Crippen LogP contribution >= 0.6 is 0 Å². The van der Waals surface area contributed by atoms with E-state index >= 15 is 0 Å².